The van der Waals surface area contributed by atoms with Gasteiger partial charge in [-0.3, -0.25) is 10.2 Å². The molecule has 0 saturated heterocycles. The Labute approximate surface area is 186 Å². The van der Waals surface area contributed by atoms with Gasteiger partial charge in [0, 0.05) is 11.1 Å². The summed E-state index contributed by atoms with van der Waals surface area (Å²) in [5, 5.41) is 10.8. The van der Waals surface area contributed by atoms with Crippen LogP contribution >= 0.6 is 0 Å². The summed E-state index contributed by atoms with van der Waals surface area (Å²) in [6.07, 6.45) is -1.18. The number of benzene rings is 2. The Morgan fingerprint density at radius 2 is 1.78 bits per heavy atom. The highest BCUT2D eigenvalue weighted by molar-refractivity contribution is 6.19. The molecule has 164 valence electrons. The summed E-state index contributed by atoms with van der Waals surface area (Å²) in [6, 6.07) is 19.8. The Morgan fingerprint density at radius 1 is 1.09 bits per heavy atom. The first-order valence-electron chi connectivity index (χ1n) is 10.2. The van der Waals surface area contributed by atoms with E-state index in [1.807, 2.05) is 62.4 Å². The van der Waals surface area contributed by atoms with Gasteiger partial charge in [0.25, 0.3) is 17.8 Å². The minimum Gasteiger partial charge on any atom is -0.456 e. The molecule has 4 rings (SSSR count). The highest BCUT2D eigenvalue weighted by atomic mass is 16.5. The molecule has 1 aliphatic rings. The van der Waals surface area contributed by atoms with Gasteiger partial charge in [0.2, 0.25) is 6.17 Å². The zero-order chi connectivity index (χ0) is 23.1. The number of furan rings is 1. The number of aryl methyl sites for hydroxylation is 1. The number of para-hydroxylation sites is 1. The number of nitrogens with one attached hydrogen (secondary N) is 2. The third-order valence-corrected chi connectivity index (χ3v) is 4.39. The van der Waals surface area contributed by atoms with Crippen LogP contribution in [-0.4, -0.2) is 29.7 Å². The number of anilines is 1. The van der Waals surface area contributed by atoms with Crippen LogP contribution in [0.4, 0.5) is 5.69 Å². The number of nitrogens with zero attached hydrogens (tertiary/aromatic N) is 2. The topological polar surface area (TPSA) is 126 Å². The number of fused-ring (bicyclic) bond motifs is 1. The summed E-state index contributed by atoms with van der Waals surface area (Å²) >= 11 is 0. The first kappa shape index (κ1) is 22.5. The molecular weight excluding hydrogens is 406 g/mol. The van der Waals surface area contributed by atoms with Gasteiger partial charge in [0.15, 0.2) is 5.76 Å². The van der Waals surface area contributed by atoms with Crippen LogP contribution < -0.4 is 11.1 Å². The number of nitrogens with two attached hydrogens (primary N) is 1. The number of hydrogen-bond acceptors (Lipinski definition) is 6. The molecule has 4 N–H and O–H groups in total. The summed E-state index contributed by atoms with van der Waals surface area (Å²) in [5.41, 5.74) is 8.68. The first-order chi connectivity index (χ1) is 15.5. The van der Waals surface area contributed by atoms with Crippen molar-refractivity contribution in [3.63, 3.8) is 0 Å². The fourth-order valence-electron chi connectivity index (χ4n) is 3.02. The molecule has 0 radical (unpaired) electrons. The Morgan fingerprint density at radius 3 is 2.47 bits per heavy atom. The Hall–Kier alpha value is -4.20. The van der Waals surface area contributed by atoms with Crippen LogP contribution in [0.25, 0.3) is 0 Å². The predicted molar refractivity (Wildman–Crippen MR) is 125 cm³/mol. The number of benzodiazepines with no additional fused rings is 1. The molecule has 2 aromatic carbocycles. The van der Waals surface area contributed by atoms with Gasteiger partial charge in [-0.25, -0.2) is 4.99 Å². The minimum absolute atomic E-state index is 0.205. The predicted octanol–water partition coefficient (Wildman–Crippen LogP) is 4.09. The molecule has 0 saturated carbocycles. The van der Waals surface area contributed by atoms with Gasteiger partial charge in [-0.15, -0.1) is 0 Å². The number of carbonyl (C=O) groups excluding carboxylic acids is 1. The van der Waals surface area contributed by atoms with E-state index in [1.165, 1.54) is 0 Å². The van der Waals surface area contributed by atoms with Gasteiger partial charge >= 0.3 is 0 Å². The fourth-order valence-corrected chi connectivity index (χ4v) is 3.02. The Kier molecular flexibility index (Phi) is 7.17. The van der Waals surface area contributed by atoms with Crippen molar-refractivity contribution in [2.45, 2.75) is 26.9 Å². The number of amides is 1. The quantitative estimate of drug-likeness (QED) is 0.426. The second-order valence-corrected chi connectivity index (χ2v) is 6.56. The molecule has 1 amide bonds. The molecule has 8 nitrogen and oxygen atoms in total. The molecule has 32 heavy (non-hydrogen) atoms. The first-order valence-corrected chi connectivity index (χ1v) is 10.2. The van der Waals surface area contributed by atoms with Gasteiger partial charge in [-0.05, 0) is 25.1 Å². The Balaban J connectivity index is 0.00000141. The molecule has 1 atom stereocenters. The number of rotatable bonds is 3. The summed E-state index contributed by atoms with van der Waals surface area (Å²) in [7, 11) is 0. The lowest BCUT2D eigenvalue weighted by atomic mass is 10.0. The van der Waals surface area contributed by atoms with Crippen LogP contribution in [0.1, 0.15) is 36.5 Å². The summed E-state index contributed by atoms with van der Waals surface area (Å²) in [5.74, 6) is 0.0676. The highest BCUT2D eigenvalue weighted by Crippen LogP contribution is 2.24. The van der Waals surface area contributed by atoms with Crippen LogP contribution in [0.15, 0.2) is 81.1 Å². The van der Waals surface area contributed by atoms with Crippen molar-refractivity contribution < 1.29 is 13.9 Å². The third-order valence-electron chi connectivity index (χ3n) is 4.39. The standard InChI is InChI=1S/C22H19N5O3.C2H6/c1-13-11-12-17(29-13)19(23)30-22(24)27-20-21(28)25-16-10-6-5-9-15(16)18(26-20)14-7-3-2-4-8-14;1-2/h2-12,20,23H,1H3,(H2,24,27)(H,25,28);1-2H3. The van der Waals surface area contributed by atoms with Crippen molar-refractivity contribution in [2.75, 3.05) is 5.32 Å². The molecule has 0 aliphatic carbocycles. The number of hydrogen-bond donors (Lipinski definition) is 3. The molecule has 8 heteroatoms. The third kappa shape index (κ3) is 5.10. The zero-order valence-corrected chi connectivity index (χ0v) is 18.1. The monoisotopic (exact) mass is 431 g/mol. The largest absolute Gasteiger partial charge is 0.456 e. The molecule has 0 fully saturated rings. The van der Waals surface area contributed by atoms with Gasteiger partial charge in [-0.2, -0.15) is 4.99 Å². The summed E-state index contributed by atoms with van der Waals surface area (Å²) < 4.78 is 10.6. The van der Waals surface area contributed by atoms with E-state index < -0.39 is 12.1 Å². The van der Waals surface area contributed by atoms with E-state index in [0.29, 0.717) is 17.2 Å². The molecule has 1 unspecified atom stereocenters. The maximum atomic E-state index is 12.7. The average molecular weight is 431 g/mol. The van der Waals surface area contributed by atoms with Crippen molar-refractivity contribution in [1.29, 1.82) is 5.41 Å². The van der Waals surface area contributed by atoms with E-state index in [1.54, 1.807) is 25.1 Å². The van der Waals surface area contributed by atoms with E-state index in [2.05, 4.69) is 15.3 Å². The summed E-state index contributed by atoms with van der Waals surface area (Å²) in [6.45, 7) is 5.75. The van der Waals surface area contributed by atoms with Crippen molar-refractivity contribution in [2.24, 2.45) is 15.7 Å². The molecular formula is C24H25N5O3. The number of ether oxygens (including phenoxy) is 1. The van der Waals surface area contributed by atoms with Crippen molar-refractivity contribution in [3.8, 4) is 0 Å². The molecule has 0 spiro atoms. The number of amidine groups is 1. The van der Waals surface area contributed by atoms with Gasteiger partial charge < -0.3 is 20.2 Å². The van der Waals surface area contributed by atoms with Crippen molar-refractivity contribution in [3.05, 3.63) is 89.4 Å². The van der Waals surface area contributed by atoms with Crippen LogP contribution in [-0.2, 0) is 9.53 Å². The number of aliphatic imine (C=N–C) groups is 2. The van der Waals surface area contributed by atoms with E-state index in [9.17, 15) is 4.79 Å². The van der Waals surface area contributed by atoms with Crippen molar-refractivity contribution in [1.82, 2.24) is 0 Å². The maximum absolute atomic E-state index is 12.7. The van der Waals surface area contributed by atoms with Gasteiger partial charge in [0.1, 0.15) is 5.76 Å². The lowest BCUT2D eigenvalue weighted by Crippen LogP contribution is -2.29. The maximum Gasteiger partial charge on any atom is 0.291 e. The summed E-state index contributed by atoms with van der Waals surface area (Å²) in [4.78, 5) is 21.4. The van der Waals surface area contributed by atoms with E-state index in [4.69, 9.17) is 20.3 Å². The SMILES string of the molecule is CC.Cc1ccc(C(=N)O/C(N)=N/C2N=C(c3ccccc3)c3ccccc3NC2=O)o1. The fraction of sp³-hybridized carbons (Fsp3) is 0.167. The molecule has 1 aliphatic heterocycles. The molecule has 3 aromatic rings. The van der Waals surface area contributed by atoms with Crippen LogP contribution in [0.3, 0.4) is 0 Å². The molecule has 1 aromatic heterocycles. The smallest absolute Gasteiger partial charge is 0.291 e. The van der Waals surface area contributed by atoms with Gasteiger partial charge in [0.05, 0.1) is 11.4 Å². The van der Waals surface area contributed by atoms with Crippen LogP contribution in [0, 0.1) is 12.3 Å². The van der Waals surface area contributed by atoms with E-state index in [0.717, 1.165) is 11.1 Å². The minimum atomic E-state index is -1.18. The average Bonchev–Trinajstić information content (AvgIpc) is 3.20. The normalized spacial score (nSPS) is 15.3. The van der Waals surface area contributed by atoms with Crippen LogP contribution in [0.2, 0.25) is 0 Å². The molecule has 2 heterocycles. The second-order valence-electron chi connectivity index (χ2n) is 6.56. The lowest BCUT2D eigenvalue weighted by Gasteiger charge is -2.09. The lowest BCUT2D eigenvalue weighted by molar-refractivity contribution is -0.117. The molecule has 0 bridgehead atoms. The Bertz CT molecular complexity index is 1170. The highest BCUT2D eigenvalue weighted by Gasteiger charge is 2.26. The second kappa shape index (κ2) is 10.2. The van der Waals surface area contributed by atoms with Crippen molar-refractivity contribution >= 4 is 29.2 Å². The van der Waals surface area contributed by atoms with Crippen LogP contribution in [0.5, 0.6) is 0 Å². The van der Waals surface area contributed by atoms with E-state index >= 15 is 0 Å². The van der Waals surface area contributed by atoms with E-state index in [-0.39, 0.29) is 17.7 Å². The van der Waals surface area contributed by atoms with Gasteiger partial charge in [-0.1, -0.05) is 62.4 Å². The zero-order valence-electron chi connectivity index (χ0n) is 18.1. The number of carbonyl (C=O) groups is 1.